The van der Waals surface area contributed by atoms with E-state index in [-0.39, 0.29) is 17.4 Å². The summed E-state index contributed by atoms with van der Waals surface area (Å²) in [4.78, 5) is 10.1. The number of aromatic nitrogens is 2. The molecule has 3 unspecified atom stereocenters. The van der Waals surface area contributed by atoms with Crippen molar-refractivity contribution in [3.63, 3.8) is 0 Å². The normalized spacial score (nSPS) is 30.0. The number of aliphatic imine (C=N–C) groups is 1. The largest absolute Gasteiger partial charge is 0.330 e. The Morgan fingerprint density at radius 2 is 2.11 bits per heavy atom. The van der Waals surface area contributed by atoms with Crippen LogP contribution in [0.5, 0.6) is 0 Å². The number of nitrogens with two attached hydrogens (primary N) is 1. The van der Waals surface area contributed by atoms with E-state index >= 15 is 0 Å². The molecule has 0 spiro atoms. The summed E-state index contributed by atoms with van der Waals surface area (Å²) in [5, 5.41) is 6.75. The lowest BCUT2D eigenvalue weighted by Gasteiger charge is -2.46. The molecule has 5 rings (SSSR count). The summed E-state index contributed by atoms with van der Waals surface area (Å²) in [5.74, 6) is 2.51. The second-order valence-electron chi connectivity index (χ2n) is 10.8. The molecule has 0 bridgehead atoms. The number of allylic oxidation sites excluding steroid dienone is 5. The van der Waals surface area contributed by atoms with Crippen molar-refractivity contribution in [2.45, 2.75) is 59.7 Å². The molecular formula is C27H38FIN6. The van der Waals surface area contributed by atoms with Gasteiger partial charge in [0.2, 0.25) is 0 Å². The monoisotopic (exact) mass is 592 g/mol. The van der Waals surface area contributed by atoms with Gasteiger partial charge in [-0.25, -0.2) is 9.37 Å². The fourth-order valence-electron chi connectivity index (χ4n) is 5.59. The molecule has 0 amide bonds. The maximum absolute atomic E-state index is 13.9. The fraction of sp³-hybridized carbons (Fsp3) is 0.593. The molecule has 3 atom stereocenters. The highest BCUT2D eigenvalue weighted by molar-refractivity contribution is 14.2. The predicted octanol–water partition coefficient (Wildman–Crippen LogP) is 4.61. The van der Waals surface area contributed by atoms with Crippen molar-refractivity contribution in [3.05, 3.63) is 41.8 Å². The number of nitrogens with zero attached hydrogens (tertiary/aromatic N) is 3. The zero-order valence-corrected chi connectivity index (χ0v) is 23.4. The average Bonchev–Trinajstić information content (AvgIpc) is 3.24. The van der Waals surface area contributed by atoms with Gasteiger partial charge in [-0.15, -0.1) is 0 Å². The SMILES string of the molecule is CC1=IC(c2cn(CC3CNC3)c(C3=CCC(C4=NCNC(N)C4(C)C(C)C)CC3)n2)=CC=C1F. The van der Waals surface area contributed by atoms with Crippen LogP contribution in [0.25, 0.3) is 9.15 Å². The maximum Gasteiger partial charge on any atom is 0.136 e. The zero-order chi connectivity index (χ0) is 24.7. The number of nitrogens with one attached hydrogen (secondary N) is 2. The molecule has 4 N–H and O–H groups in total. The molecule has 1 aromatic heterocycles. The highest BCUT2D eigenvalue weighted by atomic mass is 127. The second-order valence-corrected chi connectivity index (χ2v) is 14.1. The summed E-state index contributed by atoms with van der Waals surface area (Å²) in [6.45, 7) is 12.4. The summed E-state index contributed by atoms with van der Waals surface area (Å²) in [6.07, 6.45) is 11.1. The van der Waals surface area contributed by atoms with E-state index in [4.69, 9.17) is 15.7 Å². The molecule has 190 valence electrons. The number of imidazole rings is 1. The minimum Gasteiger partial charge on any atom is -0.330 e. The predicted molar refractivity (Wildman–Crippen MR) is 152 cm³/mol. The molecule has 0 aromatic carbocycles. The van der Waals surface area contributed by atoms with Gasteiger partial charge in [0.1, 0.15) is 11.7 Å². The Bertz CT molecular complexity index is 1140. The van der Waals surface area contributed by atoms with Crippen molar-refractivity contribution in [1.82, 2.24) is 20.2 Å². The summed E-state index contributed by atoms with van der Waals surface area (Å²) in [5.41, 5.74) is 10.1. The summed E-state index contributed by atoms with van der Waals surface area (Å²) >= 11 is -0.507. The lowest BCUT2D eigenvalue weighted by Crippen LogP contribution is -2.61. The highest BCUT2D eigenvalue weighted by Crippen LogP contribution is 2.42. The van der Waals surface area contributed by atoms with E-state index in [0.717, 1.165) is 53.9 Å². The van der Waals surface area contributed by atoms with E-state index in [1.807, 2.05) is 13.0 Å². The van der Waals surface area contributed by atoms with Crippen molar-refractivity contribution in [1.29, 1.82) is 0 Å². The Morgan fingerprint density at radius 1 is 1.31 bits per heavy atom. The first kappa shape index (κ1) is 25.2. The Hall–Kier alpha value is -1.49. The Kier molecular flexibility index (Phi) is 7.27. The first-order valence-electron chi connectivity index (χ1n) is 12.8. The Balaban J connectivity index is 1.42. The van der Waals surface area contributed by atoms with E-state index in [1.165, 1.54) is 14.9 Å². The fourth-order valence-corrected chi connectivity index (χ4v) is 7.79. The third kappa shape index (κ3) is 4.79. The minimum atomic E-state index is -0.507. The number of halogens is 2. The maximum atomic E-state index is 13.9. The van der Waals surface area contributed by atoms with Crippen LogP contribution in [0.15, 0.2) is 35.2 Å². The first-order valence-corrected chi connectivity index (χ1v) is 15.0. The van der Waals surface area contributed by atoms with Crippen LogP contribution >= 0.6 is 20.7 Å². The van der Waals surface area contributed by atoms with E-state index in [2.05, 4.69) is 48.2 Å². The number of hydrogen-bond acceptors (Lipinski definition) is 5. The van der Waals surface area contributed by atoms with Gasteiger partial charge >= 0.3 is 0 Å². The molecule has 4 heterocycles. The zero-order valence-electron chi connectivity index (χ0n) is 21.2. The molecule has 1 aliphatic carbocycles. The average molecular weight is 593 g/mol. The molecule has 3 aliphatic heterocycles. The Morgan fingerprint density at radius 3 is 2.74 bits per heavy atom. The number of hydrogen-bond donors (Lipinski definition) is 3. The standard InChI is InChI=1S/C27H38FIN6/c1-16(2)27(4)24(32-15-33-26(27)30)19-5-7-20(8-6-19)25-34-23(14-35(25)13-18-11-31-12-18)22-10-9-21(28)17(3)29-22/h7,9-10,14,16,18-19,26,31,33H,5-6,8,11-13,15,30H2,1-4H3. The molecular weight excluding hydrogens is 554 g/mol. The summed E-state index contributed by atoms with van der Waals surface area (Å²) < 4.78 is 18.4. The first-order chi connectivity index (χ1) is 16.8. The van der Waals surface area contributed by atoms with Gasteiger partial charge in [0, 0.05) is 55.9 Å². The molecule has 35 heavy (non-hydrogen) atoms. The lowest BCUT2D eigenvalue weighted by molar-refractivity contribution is 0.209. The van der Waals surface area contributed by atoms with Crippen LogP contribution in [0.4, 0.5) is 4.39 Å². The van der Waals surface area contributed by atoms with Gasteiger partial charge in [0.05, 0.1) is 18.5 Å². The third-order valence-corrected chi connectivity index (χ3v) is 11.2. The number of rotatable bonds is 6. The van der Waals surface area contributed by atoms with Crippen molar-refractivity contribution < 1.29 is 4.39 Å². The van der Waals surface area contributed by atoms with Gasteiger partial charge in [-0.05, 0) is 49.8 Å². The lowest BCUT2D eigenvalue weighted by atomic mass is 9.66. The Labute approximate surface area is 218 Å². The third-order valence-electron chi connectivity index (χ3n) is 8.33. The van der Waals surface area contributed by atoms with Gasteiger partial charge in [-0.1, -0.05) is 47.6 Å². The van der Waals surface area contributed by atoms with E-state index in [9.17, 15) is 4.39 Å². The van der Waals surface area contributed by atoms with E-state index in [0.29, 0.717) is 24.4 Å². The van der Waals surface area contributed by atoms with Crippen LogP contribution < -0.4 is 16.4 Å². The molecule has 8 heteroatoms. The van der Waals surface area contributed by atoms with Gasteiger partial charge in [0.15, 0.2) is 0 Å². The van der Waals surface area contributed by atoms with Crippen LogP contribution in [0.2, 0.25) is 0 Å². The molecule has 1 aromatic rings. The summed E-state index contributed by atoms with van der Waals surface area (Å²) in [7, 11) is 0. The van der Waals surface area contributed by atoms with Gasteiger partial charge in [0.25, 0.3) is 0 Å². The van der Waals surface area contributed by atoms with Crippen LogP contribution in [-0.2, 0) is 6.54 Å². The van der Waals surface area contributed by atoms with Gasteiger partial charge in [-0.3, -0.25) is 10.3 Å². The van der Waals surface area contributed by atoms with Crippen LogP contribution in [0.1, 0.15) is 58.5 Å². The summed E-state index contributed by atoms with van der Waals surface area (Å²) in [6, 6.07) is 0. The topological polar surface area (TPSA) is 80.3 Å². The second kappa shape index (κ2) is 10.1. The molecule has 0 saturated carbocycles. The van der Waals surface area contributed by atoms with Crippen molar-refractivity contribution in [2.75, 3.05) is 19.8 Å². The molecule has 1 saturated heterocycles. The molecule has 0 radical (unpaired) electrons. The molecule has 6 nitrogen and oxygen atoms in total. The molecule has 4 aliphatic rings. The van der Waals surface area contributed by atoms with Gasteiger partial charge < -0.3 is 15.6 Å². The molecule has 1 fully saturated rings. The van der Waals surface area contributed by atoms with Crippen LogP contribution in [-0.4, -0.2) is 44.7 Å². The van der Waals surface area contributed by atoms with Crippen LogP contribution in [0, 0.1) is 23.2 Å². The van der Waals surface area contributed by atoms with Gasteiger partial charge in [-0.2, -0.15) is 0 Å². The quantitative estimate of drug-likeness (QED) is 0.422. The van der Waals surface area contributed by atoms with Crippen molar-refractivity contribution >= 4 is 39.1 Å². The van der Waals surface area contributed by atoms with Crippen molar-refractivity contribution in [3.8, 4) is 0 Å². The highest BCUT2D eigenvalue weighted by Gasteiger charge is 2.44. The smallest absolute Gasteiger partial charge is 0.136 e. The van der Waals surface area contributed by atoms with Crippen LogP contribution in [0.3, 0.4) is 0 Å². The minimum absolute atomic E-state index is 0.0656. The van der Waals surface area contributed by atoms with E-state index in [1.54, 1.807) is 6.08 Å². The van der Waals surface area contributed by atoms with Crippen molar-refractivity contribution in [2.24, 2.45) is 33.9 Å². The van der Waals surface area contributed by atoms with E-state index < -0.39 is 20.7 Å².